The van der Waals surface area contributed by atoms with E-state index in [4.69, 9.17) is 0 Å². The molecule has 0 N–H and O–H groups in total. The Balaban J connectivity index is 0.00000112. The van der Waals surface area contributed by atoms with Crippen LogP contribution in [0, 0.1) is 0 Å². The van der Waals surface area contributed by atoms with Gasteiger partial charge in [-0.05, 0) is 18.6 Å². The van der Waals surface area contributed by atoms with Crippen LogP contribution >= 0.6 is 0 Å². The number of hydrogen-bond acceptors (Lipinski definition) is 0. The Bertz CT molecular complexity index is 412. The van der Waals surface area contributed by atoms with Crippen molar-refractivity contribution in [2.45, 2.75) is 13.5 Å². The highest BCUT2D eigenvalue weighted by Crippen LogP contribution is 2.15. The molecule has 0 bridgehead atoms. The molecular weight excluding hydrogens is 297 g/mol. The maximum absolute atomic E-state index is 2.18. The summed E-state index contributed by atoms with van der Waals surface area (Å²) >= 11 is 0. The van der Waals surface area contributed by atoms with E-state index in [1.165, 1.54) is 11.1 Å². The Morgan fingerprint density at radius 2 is 1.60 bits per heavy atom. The summed E-state index contributed by atoms with van der Waals surface area (Å²) in [5.41, 5.74) is 2.55. The monoisotopic (exact) mass is 311 g/mol. The van der Waals surface area contributed by atoms with E-state index in [0.29, 0.717) is 0 Å². The van der Waals surface area contributed by atoms with E-state index in [0.717, 1.165) is 6.54 Å². The highest BCUT2D eigenvalue weighted by molar-refractivity contribution is 5.61. The molecule has 1 aromatic carbocycles. The van der Waals surface area contributed by atoms with Gasteiger partial charge in [-0.3, -0.25) is 0 Å². The van der Waals surface area contributed by atoms with Gasteiger partial charge in [0.15, 0.2) is 12.4 Å². The van der Waals surface area contributed by atoms with Gasteiger partial charge in [0.1, 0.15) is 6.54 Å². The fourth-order valence-corrected chi connectivity index (χ4v) is 1.52. The fraction of sp³-hybridized carbons (Fsp3) is 0.154. The normalized spacial score (nSPS) is 9.40. The van der Waals surface area contributed by atoms with Gasteiger partial charge in [0.2, 0.25) is 0 Å². The SMILES string of the molecule is CC[n+]1cccc(-c2ccccc2)c1.[I-]. The molecule has 0 atom stereocenters. The number of halogens is 1. The van der Waals surface area contributed by atoms with Crippen LogP contribution in [0.15, 0.2) is 54.9 Å². The Hall–Kier alpha value is -0.900. The van der Waals surface area contributed by atoms with Crippen LogP contribution in [0.5, 0.6) is 0 Å². The molecule has 15 heavy (non-hydrogen) atoms. The lowest BCUT2D eigenvalue weighted by molar-refractivity contribution is -0.693. The standard InChI is InChI=1S/C13H14N.HI/c1-2-14-10-6-9-13(11-14)12-7-4-3-5-8-12;/h3-11H,2H2,1H3;1H/q+1;/p-1. The lowest BCUT2D eigenvalue weighted by atomic mass is 10.1. The van der Waals surface area contributed by atoms with E-state index >= 15 is 0 Å². The summed E-state index contributed by atoms with van der Waals surface area (Å²) in [5.74, 6) is 0. The molecule has 0 saturated heterocycles. The van der Waals surface area contributed by atoms with Gasteiger partial charge >= 0.3 is 0 Å². The van der Waals surface area contributed by atoms with Gasteiger partial charge in [-0.1, -0.05) is 30.3 Å². The summed E-state index contributed by atoms with van der Waals surface area (Å²) in [6.07, 6.45) is 4.27. The summed E-state index contributed by atoms with van der Waals surface area (Å²) in [7, 11) is 0. The number of pyridine rings is 1. The number of benzene rings is 1. The molecule has 1 heterocycles. The highest BCUT2D eigenvalue weighted by atomic mass is 127. The average Bonchev–Trinajstić information content (AvgIpc) is 2.30. The molecule has 2 heteroatoms. The first-order chi connectivity index (χ1) is 6.90. The molecule has 1 nitrogen and oxygen atoms in total. The molecule has 0 spiro atoms. The maximum atomic E-state index is 2.18. The number of hydrogen-bond donors (Lipinski definition) is 0. The molecule has 2 rings (SSSR count). The van der Waals surface area contributed by atoms with E-state index in [2.05, 4.69) is 60.3 Å². The van der Waals surface area contributed by atoms with Crippen LogP contribution < -0.4 is 28.5 Å². The van der Waals surface area contributed by atoms with Crippen molar-refractivity contribution in [3.63, 3.8) is 0 Å². The van der Waals surface area contributed by atoms with Crippen LogP contribution in [0.2, 0.25) is 0 Å². The van der Waals surface area contributed by atoms with Crippen molar-refractivity contribution in [2.24, 2.45) is 0 Å². The Kier molecular flexibility index (Phi) is 4.75. The van der Waals surface area contributed by atoms with Crippen molar-refractivity contribution < 1.29 is 28.5 Å². The van der Waals surface area contributed by atoms with Gasteiger partial charge in [0, 0.05) is 11.6 Å². The Labute approximate surface area is 108 Å². The van der Waals surface area contributed by atoms with Crippen LogP contribution in [0.25, 0.3) is 11.1 Å². The first-order valence-corrected chi connectivity index (χ1v) is 4.94. The fourth-order valence-electron chi connectivity index (χ4n) is 1.52. The molecule has 0 unspecified atom stereocenters. The van der Waals surface area contributed by atoms with Crippen LogP contribution in [0.4, 0.5) is 0 Å². The molecule has 0 amide bonds. The number of aryl methyl sites for hydroxylation is 1. The smallest absolute Gasteiger partial charge is 0.176 e. The van der Waals surface area contributed by atoms with E-state index in [9.17, 15) is 0 Å². The van der Waals surface area contributed by atoms with Crippen LogP contribution in [0.3, 0.4) is 0 Å². The van der Waals surface area contributed by atoms with Gasteiger partial charge in [-0.15, -0.1) is 0 Å². The minimum Gasteiger partial charge on any atom is -1.00 e. The summed E-state index contributed by atoms with van der Waals surface area (Å²) in [5, 5.41) is 0. The van der Waals surface area contributed by atoms with E-state index in [1.807, 2.05) is 6.07 Å². The second-order valence-electron chi connectivity index (χ2n) is 3.29. The second-order valence-corrected chi connectivity index (χ2v) is 3.29. The van der Waals surface area contributed by atoms with Gasteiger partial charge in [0.05, 0.1) is 0 Å². The predicted octanol–water partition coefficient (Wildman–Crippen LogP) is -0.335. The zero-order valence-electron chi connectivity index (χ0n) is 8.73. The molecular formula is C13H14IN. The Morgan fingerprint density at radius 3 is 2.27 bits per heavy atom. The van der Waals surface area contributed by atoms with Crippen LogP contribution in [-0.4, -0.2) is 0 Å². The van der Waals surface area contributed by atoms with Gasteiger partial charge in [-0.2, -0.15) is 0 Å². The minimum atomic E-state index is 0. The lowest BCUT2D eigenvalue weighted by Crippen LogP contribution is -3.00. The molecule has 2 aromatic rings. The van der Waals surface area contributed by atoms with Crippen molar-refractivity contribution in [3.8, 4) is 11.1 Å². The quantitative estimate of drug-likeness (QED) is 0.528. The number of rotatable bonds is 2. The summed E-state index contributed by atoms with van der Waals surface area (Å²) in [6.45, 7) is 3.16. The van der Waals surface area contributed by atoms with Gasteiger partial charge < -0.3 is 24.0 Å². The summed E-state index contributed by atoms with van der Waals surface area (Å²) in [4.78, 5) is 0. The third-order valence-electron chi connectivity index (χ3n) is 2.33. The van der Waals surface area contributed by atoms with Crippen LogP contribution in [0.1, 0.15) is 6.92 Å². The Morgan fingerprint density at radius 1 is 0.933 bits per heavy atom. The zero-order chi connectivity index (χ0) is 9.80. The van der Waals surface area contributed by atoms with Crippen molar-refractivity contribution in [1.82, 2.24) is 0 Å². The molecule has 0 saturated carbocycles. The zero-order valence-corrected chi connectivity index (χ0v) is 10.9. The second kappa shape index (κ2) is 5.85. The van der Waals surface area contributed by atoms with E-state index < -0.39 is 0 Å². The van der Waals surface area contributed by atoms with Crippen molar-refractivity contribution in [3.05, 3.63) is 54.9 Å². The third-order valence-corrected chi connectivity index (χ3v) is 2.33. The van der Waals surface area contributed by atoms with Crippen LogP contribution in [-0.2, 0) is 6.54 Å². The topological polar surface area (TPSA) is 3.88 Å². The molecule has 0 aliphatic heterocycles. The molecule has 78 valence electrons. The van der Waals surface area contributed by atoms with Crippen molar-refractivity contribution in [1.29, 1.82) is 0 Å². The largest absolute Gasteiger partial charge is 1.00 e. The van der Waals surface area contributed by atoms with Gasteiger partial charge in [-0.25, -0.2) is 4.57 Å². The summed E-state index contributed by atoms with van der Waals surface area (Å²) < 4.78 is 2.18. The first-order valence-electron chi connectivity index (χ1n) is 4.94. The molecule has 1 aromatic heterocycles. The molecule has 0 aliphatic carbocycles. The van der Waals surface area contributed by atoms with Crippen molar-refractivity contribution >= 4 is 0 Å². The van der Waals surface area contributed by atoms with E-state index in [-0.39, 0.29) is 24.0 Å². The minimum absolute atomic E-state index is 0. The molecule has 0 fully saturated rings. The number of nitrogens with zero attached hydrogens (tertiary/aromatic N) is 1. The molecule has 0 aliphatic rings. The predicted molar refractivity (Wildman–Crippen MR) is 57.7 cm³/mol. The summed E-state index contributed by atoms with van der Waals surface area (Å²) in [6, 6.07) is 14.7. The van der Waals surface area contributed by atoms with E-state index in [1.54, 1.807) is 0 Å². The van der Waals surface area contributed by atoms with Gasteiger partial charge in [0.25, 0.3) is 0 Å². The number of aromatic nitrogens is 1. The average molecular weight is 311 g/mol. The highest BCUT2D eigenvalue weighted by Gasteiger charge is 2.01. The molecule has 0 radical (unpaired) electrons. The van der Waals surface area contributed by atoms with Crippen molar-refractivity contribution in [2.75, 3.05) is 0 Å². The maximum Gasteiger partial charge on any atom is 0.176 e. The lowest BCUT2D eigenvalue weighted by Gasteiger charge is -1.99. The first kappa shape index (κ1) is 12.2. The third kappa shape index (κ3) is 3.02.